The fourth-order valence-electron chi connectivity index (χ4n) is 2.74. The van der Waals surface area contributed by atoms with Gasteiger partial charge in [0.1, 0.15) is 0 Å². The second-order valence-electron chi connectivity index (χ2n) is 6.15. The number of nitrogens with zero attached hydrogens (tertiary/aromatic N) is 1. The molecule has 2 aromatic carbocycles. The second kappa shape index (κ2) is 8.92. The van der Waals surface area contributed by atoms with Gasteiger partial charge in [-0.25, -0.2) is 9.78 Å². The van der Waals surface area contributed by atoms with Crippen LogP contribution >= 0.6 is 11.3 Å². The smallest absolute Gasteiger partial charge is 0.321 e. The van der Waals surface area contributed by atoms with Crippen LogP contribution in [0.25, 0.3) is 10.4 Å². The molecule has 0 bridgehead atoms. The number of thiazole rings is 1. The summed E-state index contributed by atoms with van der Waals surface area (Å²) in [5.74, 6) is 0.351. The number of amides is 2. The van der Waals surface area contributed by atoms with Crippen molar-refractivity contribution >= 4 is 33.3 Å². The van der Waals surface area contributed by atoms with Crippen LogP contribution < -0.4 is 10.6 Å². The van der Waals surface area contributed by atoms with Crippen LogP contribution in [-0.2, 0) is 10.8 Å². The zero-order chi connectivity index (χ0) is 19.2. The van der Waals surface area contributed by atoms with Crippen LogP contribution in [0.2, 0.25) is 0 Å². The van der Waals surface area contributed by atoms with Gasteiger partial charge in [0.15, 0.2) is 5.13 Å². The molecule has 0 fully saturated rings. The lowest BCUT2D eigenvalue weighted by Crippen LogP contribution is -2.35. The normalized spacial score (nSPS) is 13.0. The third kappa shape index (κ3) is 5.24. The van der Waals surface area contributed by atoms with Crippen molar-refractivity contribution in [3.05, 3.63) is 71.9 Å². The number of carbonyl (C=O) groups is 1. The minimum absolute atomic E-state index is 0.326. The van der Waals surface area contributed by atoms with Crippen molar-refractivity contribution in [1.82, 2.24) is 10.3 Å². The van der Waals surface area contributed by atoms with E-state index in [0.29, 0.717) is 10.9 Å². The van der Waals surface area contributed by atoms with E-state index >= 15 is 0 Å². The van der Waals surface area contributed by atoms with Gasteiger partial charge in [0.2, 0.25) is 0 Å². The minimum atomic E-state index is -1.04. The van der Waals surface area contributed by atoms with Gasteiger partial charge in [-0.1, -0.05) is 65.9 Å². The summed E-state index contributed by atoms with van der Waals surface area (Å²) >= 11 is 1.42. The summed E-state index contributed by atoms with van der Waals surface area (Å²) in [6, 6.07) is 16.9. The molecule has 0 spiro atoms. The second-order valence-corrected chi connectivity index (χ2v) is 8.66. The van der Waals surface area contributed by atoms with Gasteiger partial charge in [-0.3, -0.25) is 9.53 Å². The quantitative estimate of drug-likeness (QED) is 0.647. The highest BCUT2D eigenvalue weighted by molar-refractivity contribution is 7.84. The molecule has 5 nitrogen and oxygen atoms in total. The average molecular weight is 400 g/mol. The average Bonchev–Trinajstić information content (AvgIpc) is 3.10. The summed E-state index contributed by atoms with van der Waals surface area (Å²) < 4.78 is 11.7. The number of rotatable bonds is 6. The van der Waals surface area contributed by atoms with E-state index in [2.05, 4.69) is 15.6 Å². The monoisotopic (exact) mass is 399 g/mol. The third-order valence-corrected chi connectivity index (χ3v) is 5.79. The molecule has 1 aromatic heterocycles. The standard InChI is InChI=1S/C20H21N3O2S2/c1-14-8-6-7-11-16(14)18-12-21-20(26-18)23-19(24)22-17(13-27(2)25)15-9-4-3-5-10-15/h3-12,17H,13H2,1-2H3,(H2,21,22,23,24)/t17-,27+/m1/s1. The number of benzene rings is 2. The van der Waals surface area contributed by atoms with Crippen molar-refractivity contribution in [2.45, 2.75) is 13.0 Å². The van der Waals surface area contributed by atoms with E-state index in [4.69, 9.17) is 0 Å². The Morgan fingerprint density at radius 2 is 1.85 bits per heavy atom. The lowest BCUT2D eigenvalue weighted by atomic mass is 10.1. The number of nitrogens with one attached hydrogen (secondary N) is 2. The molecule has 0 aliphatic carbocycles. The maximum atomic E-state index is 12.4. The molecule has 3 rings (SSSR count). The lowest BCUT2D eigenvalue weighted by Gasteiger charge is -2.18. The SMILES string of the molecule is Cc1ccccc1-c1cnc(NC(=O)N[C@H](C[S@](C)=O)c2ccccc2)s1. The van der Waals surface area contributed by atoms with Gasteiger partial charge in [0.25, 0.3) is 0 Å². The third-order valence-electron chi connectivity index (χ3n) is 4.05. The van der Waals surface area contributed by atoms with Crippen LogP contribution in [0, 0.1) is 6.92 Å². The molecule has 1 heterocycles. The molecular weight excluding hydrogens is 378 g/mol. The first-order valence-corrected chi connectivity index (χ1v) is 11.0. The van der Waals surface area contributed by atoms with E-state index in [0.717, 1.165) is 21.6 Å². The summed E-state index contributed by atoms with van der Waals surface area (Å²) in [5.41, 5.74) is 3.18. The predicted molar refractivity (Wildman–Crippen MR) is 113 cm³/mol. The van der Waals surface area contributed by atoms with Gasteiger partial charge in [-0.05, 0) is 23.6 Å². The number of anilines is 1. The molecule has 0 radical (unpaired) electrons. The zero-order valence-corrected chi connectivity index (χ0v) is 16.8. The number of aryl methyl sites for hydroxylation is 1. The molecule has 27 heavy (non-hydrogen) atoms. The minimum Gasteiger partial charge on any atom is -0.330 e. The van der Waals surface area contributed by atoms with Gasteiger partial charge in [-0.2, -0.15) is 0 Å². The van der Waals surface area contributed by atoms with Crippen molar-refractivity contribution in [3.8, 4) is 10.4 Å². The Balaban J connectivity index is 1.69. The topological polar surface area (TPSA) is 71.1 Å². The van der Waals surface area contributed by atoms with Gasteiger partial charge in [0, 0.05) is 29.0 Å². The highest BCUT2D eigenvalue weighted by atomic mass is 32.2. The summed E-state index contributed by atoms with van der Waals surface area (Å²) in [5, 5.41) is 6.20. The highest BCUT2D eigenvalue weighted by Gasteiger charge is 2.17. The highest BCUT2D eigenvalue weighted by Crippen LogP contribution is 2.31. The number of urea groups is 1. The Morgan fingerprint density at radius 3 is 2.56 bits per heavy atom. The Kier molecular flexibility index (Phi) is 6.36. The maximum absolute atomic E-state index is 12.4. The fourth-order valence-corrected chi connectivity index (χ4v) is 4.39. The summed E-state index contributed by atoms with van der Waals surface area (Å²) in [6.45, 7) is 2.05. The molecule has 2 atom stereocenters. The largest absolute Gasteiger partial charge is 0.330 e. The molecule has 0 aliphatic rings. The van der Waals surface area contributed by atoms with Gasteiger partial charge < -0.3 is 5.32 Å². The summed E-state index contributed by atoms with van der Waals surface area (Å²) in [6.07, 6.45) is 3.39. The van der Waals surface area contributed by atoms with Gasteiger partial charge in [-0.15, -0.1) is 0 Å². The molecule has 2 amide bonds. The summed E-state index contributed by atoms with van der Waals surface area (Å²) in [4.78, 5) is 17.7. The van der Waals surface area contributed by atoms with Crippen LogP contribution in [-0.4, -0.2) is 27.2 Å². The molecule has 7 heteroatoms. The van der Waals surface area contributed by atoms with E-state index in [1.54, 1.807) is 12.5 Å². The predicted octanol–water partition coefficient (Wildman–Crippen LogP) is 4.36. The summed E-state index contributed by atoms with van der Waals surface area (Å²) in [7, 11) is -1.04. The first-order valence-electron chi connectivity index (χ1n) is 8.47. The van der Waals surface area contributed by atoms with Gasteiger partial charge in [0.05, 0.1) is 10.9 Å². The Bertz CT molecular complexity index is 941. The molecule has 140 valence electrons. The Morgan fingerprint density at radius 1 is 1.15 bits per heavy atom. The van der Waals surface area contributed by atoms with E-state index in [1.807, 2.05) is 61.5 Å². The molecule has 0 aliphatic heterocycles. The fraction of sp³-hybridized carbons (Fsp3) is 0.200. The van der Waals surface area contributed by atoms with Crippen molar-refractivity contribution in [3.63, 3.8) is 0 Å². The van der Waals surface area contributed by atoms with Crippen LogP contribution in [0.1, 0.15) is 17.2 Å². The number of aromatic nitrogens is 1. The lowest BCUT2D eigenvalue weighted by molar-refractivity contribution is 0.249. The van der Waals surface area contributed by atoms with Gasteiger partial charge >= 0.3 is 6.03 Å². The van der Waals surface area contributed by atoms with E-state index < -0.39 is 10.8 Å². The maximum Gasteiger partial charge on any atom is 0.321 e. The number of hydrogen-bond acceptors (Lipinski definition) is 4. The van der Waals surface area contributed by atoms with Crippen LogP contribution in [0.15, 0.2) is 60.8 Å². The van der Waals surface area contributed by atoms with E-state index in [-0.39, 0.29) is 12.1 Å². The molecule has 0 unspecified atom stereocenters. The van der Waals surface area contributed by atoms with E-state index in [9.17, 15) is 9.00 Å². The molecule has 0 saturated heterocycles. The molecular formula is C20H21N3O2S2. The van der Waals surface area contributed by atoms with Crippen molar-refractivity contribution in [1.29, 1.82) is 0 Å². The first-order chi connectivity index (χ1) is 13.0. The van der Waals surface area contributed by atoms with Crippen molar-refractivity contribution < 1.29 is 9.00 Å². The van der Waals surface area contributed by atoms with Crippen molar-refractivity contribution in [2.24, 2.45) is 0 Å². The number of carbonyl (C=O) groups excluding carboxylic acids is 1. The first kappa shape index (κ1) is 19.3. The van der Waals surface area contributed by atoms with Crippen LogP contribution in [0.5, 0.6) is 0 Å². The van der Waals surface area contributed by atoms with Crippen LogP contribution in [0.4, 0.5) is 9.93 Å². The van der Waals surface area contributed by atoms with Crippen LogP contribution in [0.3, 0.4) is 0 Å². The van der Waals surface area contributed by atoms with Crippen molar-refractivity contribution in [2.75, 3.05) is 17.3 Å². The van der Waals surface area contributed by atoms with E-state index in [1.165, 1.54) is 11.3 Å². The number of hydrogen-bond donors (Lipinski definition) is 2. The molecule has 0 saturated carbocycles. The zero-order valence-electron chi connectivity index (χ0n) is 15.1. The molecule has 2 N–H and O–H groups in total. The Labute approximate surface area is 165 Å². The Hall–Kier alpha value is -2.51. The molecule has 3 aromatic rings.